The normalized spacial score (nSPS) is 28.4. The van der Waals surface area contributed by atoms with Crippen molar-refractivity contribution in [2.75, 3.05) is 26.4 Å². The van der Waals surface area contributed by atoms with Crippen LogP contribution >= 0.6 is 0 Å². The molecule has 19 nitrogen and oxygen atoms in total. The van der Waals surface area contributed by atoms with Crippen LogP contribution in [0.25, 0.3) is 0 Å². The van der Waals surface area contributed by atoms with Crippen LogP contribution in [-0.4, -0.2) is 193 Å². The zero-order chi connectivity index (χ0) is 65.4. The molecule has 0 bridgehead atoms. The third kappa shape index (κ3) is 34.2. The summed E-state index contributed by atoms with van der Waals surface area (Å²) in [5.74, 6) is -0.277. The molecule has 524 valence electrons. The number of carbonyl (C=O) groups excluding carboxylic acids is 1. The molecule has 19 heteroatoms. The lowest BCUT2D eigenvalue weighted by atomic mass is 9.96. The molecule has 0 aliphatic carbocycles. The summed E-state index contributed by atoms with van der Waals surface area (Å²) in [6.07, 6.45) is 38.4. The highest BCUT2D eigenvalue weighted by atomic mass is 16.8. The van der Waals surface area contributed by atoms with Crippen LogP contribution in [0.4, 0.5) is 0 Å². The summed E-state index contributed by atoms with van der Waals surface area (Å²) in [6.45, 7) is 1.57. The van der Waals surface area contributed by atoms with Crippen molar-refractivity contribution in [1.29, 1.82) is 0 Å². The lowest BCUT2D eigenvalue weighted by Gasteiger charge is -2.48. The lowest BCUT2D eigenvalue weighted by Crippen LogP contribution is -2.66. The number of ether oxygens (including phenoxy) is 6. The quantitative estimate of drug-likeness (QED) is 0.0199. The molecule has 3 aliphatic heterocycles. The van der Waals surface area contributed by atoms with E-state index < -0.39 is 124 Å². The van der Waals surface area contributed by atoms with Gasteiger partial charge in [0, 0.05) is 6.42 Å². The molecule has 0 spiro atoms. The maximum atomic E-state index is 13.3. The van der Waals surface area contributed by atoms with E-state index in [-0.39, 0.29) is 18.9 Å². The summed E-state index contributed by atoms with van der Waals surface area (Å²) in [6, 6.07) is -0.970. The van der Waals surface area contributed by atoms with E-state index >= 15 is 0 Å². The molecule has 3 aliphatic rings. The second-order valence-corrected chi connectivity index (χ2v) is 25.3. The van der Waals surface area contributed by atoms with Gasteiger partial charge in [0.05, 0.1) is 38.6 Å². The fourth-order valence-corrected chi connectivity index (χ4v) is 11.8. The molecule has 3 saturated heterocycles. The number of amides is 1. The topological polar surface area (TPSA) is 307 Å². The minimum Gasteiger partial charge on any atom is -0.394 e. The Balaban J connectivity index is 1.27. The SMILES string of the molecule is CC/C=C\C/C=C\C/C=C\C/C=C\CCCCCCCCCCCCCCCCCCCCCCCCCCC(=O)NC(COC1OC(CO)C(OC2OC(CO)C(OC3OC(CO)C(O)C(O)C3O)C(O)C2O)C(O)C1O)C(O)/C=C/CCCCCCCC. The fourth-order valence-electron chi connectivity index (χ4n) is 11.8. The second kappa shape index (κ2) is 52.7. The lowest BCUT2D eigenvalue weighted by molar-refractivity contribution is -0.379. The van der Waals surface area contributed by atoms with E-state index in [1.165, 1.54) is 148 Å². The summed E-state index contributed by atoms with van der Waals surface area (Å²) in [7, 11) is 0. The summed E-state index contributed by atoms with van der Waals surface area (Å²) in [5, 5.41) is 120. The molecule has 0 aromatic carbocycles. The molecular weight excluding hydrogens is 1150 g/mol. The van der Waals surface area contributed by atoms with Gasteiger partial charge in [0.1, 0.15) is 73.2 Å². The van der Waals surface area contributed by atoms with Gasteiger partial charge in [-0.2, -0.15) is 0 Å². The number of nitrogens with one attached hydrogen (secondary N) is 1. The predicted octanol–water partition coefficient (Wildman–Crippen LogP) is 9.55. The molecule has 3 rings (SSSR count). The fraction of sp³-hybridized carbons (Fsp3) is 0.845. The molecule has 0 radical (unpaired) electrons. The first kappa shape index (κ1) is 81.7. The van der Waals surface area contributed by atoms with Gasteiger partial charge in [0.25, 0.3) is 0 Å². The number of hydrogen-bond acceptors (Lipinski definition) is 18. The molecule has 0 aromatic rings. The zero-order valence-electron chi connectivity index (χ0n) is 55.4. The number of allylic oxidation sites excluding steroid dienone is 9. The Hall–Kier alpha value is -2.51. The number of aliphatic hydroxyl groups excluding tert-OH is 11. The number of carbonyl (C=O) groups is 1. The van der Waals surface area contributed by atoms with Gasteiger partial charge in [-0.15, -0.1) is 0 Å². The van der Waals surface area contributed by atoms with Crippen LogP contribution in [0, 0.1) is 0 Å². The van der Waals surface area contributed by atoms with Crippen molar-refractivity contribution >= 4 is 5.91 Å². The molecule has 1 amide bonds. The van der Waals surface area contributed by atoms with Crippen molar-refractivity contribution in [1.82, 2.24) is 5.32 Å². The Morgan fingerprint density at radius 3 is 1.20 bits per heavy atom. The van der Waals surface area contributed by atoms with E-state index in [1.807, 2.05) is 6.08 Å². The maximum absolute atomic E-state index is 13.3. The Labute approximate surface area is 541 Å². The molecule has 3 heterocycles. The largest absolute Gasteiger partial charge is 0.394 e. The molecule has 17 atom stereocenters. The minimum absolute atomic E-state index is 0.245. The van der Waals surface area contributed by atoms with Gasteiger partial charge in [-0.1, -0.05) is 248 Å². The van der Waals surface area contributed by atoms with Gasteiger partial charge in [-0.05, 0) is 57.8 Å². The Kier molecular flexibility index (Phi) is 47.9. The van der Waals surface area contributed by atoms with Crippen LogP contribution in [-0.2, 0) is 33.2 Å². The van der Waals surface area contributed by atoms with E-state index in [0.717, 1.165) is 77.0 Å². The Morgan fingerprint density at radius 2 is 0.767 bits per heavy atom. The van der Waals surface area contributed by atoms with Crippen molar-refractivity contribution in [2.24, 2.45) is 0 Å². The Bertz CT molecular complexity index is 1870. The third-order valence-corrected chi connectivity index (χ3v) is 17.6. The van der Waals surface area contributed by atoms with Crippen LogP contribution in [0.3, 0.4) is 0 Å². The highest BCUT2D eigenvalue weighted by Crippen LogP contribution is 2.33. The number of hydrogen-bond donors (Lipinski definition) is 12. The molecule has 0 aromatic heterocycles. The molecular formula is C71H127NO18. The minimum atomic E-state index is -1.98. The van der Waals surface area contributed by atoms with Gasteiger partial charge in [-0.25, -0.2) is 0 Å². The van der Waals surface area contributed by atoms with E-state index in [0.29, 0.717) is 6.42 Å². The molecule has 0 saturated carbocycles. The van der Waals surface area contributed by atoms with Gasteiger partial charge in [-0.3, -0.25) is 4.79 Å². The summed E-state index contributed by atoms with van der Waals surface area (Å²) < 4.78 is 34.2. The van der Waals surface area contributed by atoms with E-state index in [9.17, 15) is 61.0 Å². The third-order valence-electron chi connectivity index (χ3n) is 17.6. The van der Waals surface area contributed by atoms with Gasteiger partial charge in [0.2, 0.25) is 5.91 Å². The van der Waals surface area contributed by atoms with Crippen LogP contribution in [0.15, 0.2) is 60.8 Å². The number of rotatable bonds is 54. The molecule has 90 heavy (non-hydrogen) atoms. The summed E-state index contributed by atoms with van der Waals surface area (Å²) in [5.41, 5.74) is 0. The molecule has 12 N–H and O–H groups in total. The highest BCUT2D eigenvalue weighted by Gasteiger charge is 2.53. The second-order valence-electron chi connectivity index (χ2n) is 25.3. The summed E-state index contributed by atoms with van der Waals surface area (Å²) in [4.78, 5) is 13.3. The average Bonchev–Trinajstić information content (AvgIpc) is 0.847. The van der Waals surface area contributed by atoms with Gasteiger partial charge < -0.3 is 89.9 Å². The van der Waals surface area contributed by atoms with Crippen molar-refractivity contribution < 1.29 is 89.4 Å². The average molecular weight is 1280 g/mol. The van der Waals surface area contributed by atoms with Crippen LogP contribution in [0.5, 0.6) is 0 Å². The smallest absolute Gasteiger partial charge is 0.220 e. The van der Waals surface area contributed by atoms with Crippen LogP contribution < -0.4 is 5.32 Å². The number of unbranched alkanes of at least 4 members (excludes halogenated alkanes) is 30. The van der Waals surface area contributed by atoms with Crippen molar-refractivity contribution in [3.05, 3.63) is 60.8 Å². The first-order valence-electron chi connectivity index (χ1n) is 35.5. The standard InChI is InChI=1S/C71H127NO18/c1-3-5-7-9-11-13-14-15-16-17-18-19-20-21-22-23-24-25-26-27-28-29-30-31-32-33-34-35-36-37-38-39-40-41-43-45-47-49-59(77)72-54(55(76)48-46-44-42-12-10-8-6-4-2)53-85-69-65(83)62(80)67(57(51-74)87-69)90-71-66(84)63(81)68(58(52-75)88-71)89-70-64(82)61(79)60(78)56(50-73)86-70/h5,7,11,13,15-16,18-19,46,48,54-58,60-71,73-76,78-84H,3-4,6,8-10,12,14,17,20-45,47,49-53H2,1-2H3,(H,72,77)/b7-5-,13-11-,16-15-,19-18-,48-46+. The Morgan fingerprint density at radius 1 is 0.411 bits per heavy atom. The van der Waals surface area contributed by atoms with Crippen LogP contribution in [0.1, 0.15) is 251 Å². The molecule has 3 fully saturated rings. The first-order valence-corrected chi connectivity index (χ1v) is 35.5. The molecule has 17 unspecified atom stereocenters. The van der Waals surface area contributed by atoms with Gasteiger partial charge in [0.15, 0.2) is 18.9 Å². The number of aliphatic hydroxyl groups is 11. The van der Waals surface area contributed by atoms with Gasteiger partial charge >= 0.3 is 0 Å². The van der Waals surface area contributed by atoms with E-state index in [2.05, 4.69) is 67.8 Å². The van der Waals surface area contributed by atoms with E-state index in [1.54, 1.807) is 6.08 Å². The monoisotopic (exact) mass is 1280 g/mol. The van der Waals surface area contributed by atoms with Crippen molar-refractivity contribution in [3.63, 3.8) is 0 Å². The summed E-state index contributed by atoms with van der Waals surface area (Å²) >= 11 is 0. The van der Waals surface area contributed by atoms with E-state index in [4.69, 9.17) is 28.4 Å². The van der Waals surface area contributed by atoms with Crippen molar-refractivity contribution in [3.8, 4) is 0 Å². The van der Waals surface area contributed by atoms with Crippen LogP contribution in [0.2, 0.25) is 0 Å². The zero-order valence-corrected chi connectivity index (χ0v) is 55.4. The van der Waals surface area contributed by atoms with Crippen molar-refractivity contribution in [2.45, 2.75) is 356 Å². The maximum Gasteiger partial charge on any atom is 0.220 e. The first-order chi connectivity index (χ1) is 43.8. The highest BCUT2D eigenvalue weighted by molar-refractivity contribution is 5.76. The predicted molar refractivity (Wildman–Crippen MR) is 351 cm³/mol.